The Hall–Kier alpha value is -1.35. The van der Waals surface area contributed by atoms with Crippen LogP contribution < -0.4 is 0 Å². The van der Waals surface area contributed by atoms with Crippen molar-refractivity contribution in [2.45, 2.75) is 56.4 Å². The molecule has 3 heterocycles. The predicted molar refractivity (Wildman–Crippen MR) is 110 cm³/mol. The molecule has 0 N–H and O–H groups in total. The third-order valence-electron chi connectivity index (χ3n) is 3.60. The Morgan fingerprint density at radius 1 is 0.615 bits per heavy atom. The zero-order valence-corrected chi connectivity index (χ0v) is 21.3. The second-order valence-electron chi connectivity index (χ2n) is 7.32. The molecule has 8 heteroatoms. The van der Waals surface area contributed by atoms with Gasteiger partial charge in [0, 0.05) is 17.1 Å². The van der Waals surface area contributed by atoms with Gasteiger partial charge in [-0.2, -0.15) is 15.3 Å². The number of rotatable bonds is 3. The van der Waals surface area contributed by atoms with Crippen LogP contribution in [0.2, 0.25) is 14.8 Å². The van der Waals surface area contributed by atoms with Crippen LogP contribution >= 0.6 is 0 Å². The normalized spacial score (nSPS) is 11.2. The van der Waals surface area contributed by atoms with Gasteiger partial charge in [0.2, 0.25) is 0 Å². The van der Waals surface area contributed by atoms with Gasteiger partial charge >= 0.3 is 43.9 Å². The summed E-state index contributed by atoms with van der Waals surface area (Å²) >= 11 is -0.543. The first-order chi connectivity index (χ1) is 12.1. The van der Waals surface area contributed by atoms with Gasteiger partial charge in [-0.05, 0) is 59.7 Å². The summed E-state index contributed by atoms with van der Waals surface area (Å²) in [5.74, 6) is 0. The summed E-state index contributed by atoms with van der Waals surface area (Å²) in [7, 11) is -1.49. The maximum absolute atomic E-state index is 4.70. The van der Waals surface area contributed by atoms with Crippen LogP contribution in [0.4, 0.5) is 0 Å². The molecule has 0 aliphatic heterocycles. The molecule has 0 aliphatic rings. The molecule has 2 radical (unpaired) electrons. The van der Waals surface area contributed by atoms with Crippen LogP contribution in [-0.4, -0.2) is 57.4 Å². The molecule has 3 aromatic heterocycles. The second-order valence-corrected chi connectivity index (χ2v) is 17.7. The fourth-order valence-electron chi connectivity index (χ4n) is 2.76. The number of hydrogen-bond acceptors (Lipinski definition) is 3. The average molecular weight is 477 g/mol. The fraction of sp³-hybridized carbons (Fsp3) is 0.500. The molecule has 0 bridgehead atoms. The van der Waals surface area contributed by atoms with Crippen molar-refractivity contribution in [2.75, 3.05) is 0 Å². The number of hydrogen-bond donors (Lipinski definition) is 0. The summed E-state index contributed by atoms with van der Waals surface area (Å²) in [4.78, 5) is 7.09. The van der Waals surface area contributed by atoms with Crippen LogP contribution in [-0.2, 0) is 0 Å². The summed E-state index contributed by atoms with van der Waals surface area (Å²) in [6, 6.07) is 6.30. The summed E-state index contributed by atoms with van der Waals surface area (Å²) < 4.78 is 6.25. The summed E-state index contributed by atoms with van der Waals surface area (Å²) in [6.07, 6.45) is 0. The fourth-order valence-corrected chi connectivity index (χ4v) is 5.18. The molecule has 0 unspecified atom stereocenters. The first-order valence-electron chi connectivity index (χ1n) is 8.84. The Balaban J connectivity index is 0.000000552. The van der Waals surface area contributed by atoms with E-state index in [4.69, 9.17) is 15.3 Å². The van der Waals surface area contributed by atoms with Gasteiger partial charge < -0.3 is 0 Å². The molecule has 0 fully saturated rings. The van der Waals surface area contributed by atoms with Gasteiger partial charge in [-0.3, -0.25) is 13.0 Å². The van der Waals surface area contributed by atoms with Gasteiger partial charge in [0.05, 0.1) is 17.1 Å². The Morgan fingerprint density at radius 3 is 1.00 bits per heavy atom. The first-order valence-corrected chi connectivity index (χ1v) is 18.7. The van der Waals surface area contributed by atoms with Gasteiger partial charge in [-0.25, -0.2) is 0 Å². The zero-order chi connectivity index (χ0) is 19.6. The van der Waals surface area contributed by atoms with E-state index in [0.717, 1.165) is 34.2 Å². The molecular weight excluding hydrogens is 447 g/mol. The standard InChI is InChI=1S/C15H21N6Si.3CH3.Sn/c1-10-7-13(4)19(16-10)22(20-14(5)8-11(2)17-20)21-15(6)9-12(3)18-21;;;;/h7-9H,1-6H3;3*1H3;. The van der Waals surface area contributed by atoms with E-state index in [0.29, 0.717) is 0 Å². The summed E-state index contributed by atoms with van der Waals surface area (Å²) in [5.41, 5.74) is 6.44. The molecule has 140 valence electrons. The SMILES string of the molecule is Cc1cc(C)n([Si](n2nc(C)cc2C)n2nc(C)cc2C)n1.[CH3][Sn]([CH3])[CH3]. The van der Waals surface area contributed by atoms with Crippen LogP contribution in [0, 0.1) is 41.5 Å². The topological polar surface area (TPSA) is 53.5 Å². The molecule has 0 spiro atoms. The van der Waals surface area contributed by atoms with E-state index in [-0.39, 0.29) is 0 Å². The van der Waals surface area contributed by atoms with E-state index in [9.17, 15) is 0 Å². The van der Waals surface area contributed by atoms with Crippen LogP contribution in [0.15, 0.2) is 18.2 Å². The van der Waals surface area contributed by atoms with E-state index in [2.05, 4.69) is 66.8 Å². The minimum atomic E-state index is -1.49. The molecule has 3 aromatic rings. The van der Waals surface area contributed by atoms with E-state index in [1.165, 1.54) is 0 Å². The van der Waals surface area contributed by atoms with Gasteiger partial charge in [0.1, 0.15) is 0 Å². The molecule has 3 rings (SSSR count). The van der Waals surface area contributed by atoms with Crippen molar-refractivity contribution in [1.82, 2.24) is 28.3 Å². The second kappa shape index (κ2) is 8.56. The number of aryl methyl sites for hydroxylation is 6. The third-order valence-corrected chi connectivity index (χ3v) is 6.09. The molecular formula is C18H30N6SiSn. The molecule has 26 heavy (non-hydrogen) atoms. The van der Waals surface area contributed by atoms with Gasteiger partial charge in [-0.1, -0.05) is 0 Å². The van der Waals surface area contributed by atoms with Gasteiger partial charge in [-0.15, -0.1) is 0 Å². The van der Waals surface area contributed by atoms with Gasteiger partial charge in [0.25, 0.3) is 0 Å². The Labute approximate surface area is 165 Å². The third kappa shape index (κ3) is 4.88. The van der Waals surface area contributed by atoms with E-state index in [1.54, 1.807) is 0 Å². The number of aromatic nitrogens is 6. The Morgan fingerprint density at radius 2 is 0.846 bits per heavy atom. The van der Waals surface area contributed by atoms with Crippen LogP contribution in [0.3, 0.4) is 0 Å². The maximum atomic E-state index is 4.70. The first kappa shape index (κ1) is 21.0. The van der Waals surface area contributed by atoms with Crippen molar-refractivity contribution < 1.29 is 0 Å². The average Bonchev–Trinajstić information content (AvgIpc) is 3.10. The van der Waals surface area contributed by atoms with Crippen LogP contribution in [0.25, 0.3) is 0 Å². The van der Waals surface area contributed by atoms with E-state index in [1.807, 2.05) is 20.8 Å². The van der Waals surface area contributed by atoms with Crippen molar-refractivity contribution in [2.24, 2.45) is 0 Å². The molecule has 0 aromatic carbocycles. The predicted octanol–water partition coefficient (Wildman–Crippen LogP) is 3.43. The van der Waals surface area contributed by atoms with Crippen molar-refractivity contribution >= 4 is 29.0 Å². The van der Waals surface area contributed by atoms with Crippen molar-refractivity contribution in [3.8, 4) is 0 Å². The quantitative estimate of drug-likeness (QED) is 0.544. The number of nitrogens with zero attached hydrogens (tertiary/aromatic N) is 6. The molecule has 0 saturated heterocycles. The van der Waals surface area contributed by atoms with Gasteiger partial charge in [0.15, 0.2) is 0 Å². The van der Waals surface area contributed by atoms with Crippen LogP contribution in [0.5, 0.6) is 0 Å². The molecule has 0 amide bonds. The van der Waals surface area contributed by atoms with E-state index >= 15 is 0 Å². The molecule has 0 aliphatic carbocycles. The Bertz CT molecular complexity index is 764. The molecule has 6 nitrogen and oxygen atoms in total. The van der Waals surface area contributed by atoms with Crippen molar-refractivity contribution in [1.29, 1.82) is 0 Å². The Kier molecular flexibility index (Phi) is 6.89. The van der Waals surface area contributed by atoms with Crippen molar-refractivity contribution in [3.63, 3.8) is 0 Å². The monoisotopic (exact) mass is 478 g/mol. The zero-order valence-electron chi connectivity index (χ0n) is 17.4. The minimum absolute atomic E-state index is 0.543. The van der Waals surface area contributed by atoms with Crippen molar-refractivity contribution in [3.05, 3.63) is 52.4 Å². The summed E-state index contributed by atoms with van der Waals surface area (Å²) in [6.45, 7) is 12.3. The van der Waals surface area contributed by atoms with Crippen LogP contribution in [0.1, 0.15) is 34.2 Å². The molecule has 0 saturated carbocycles. The summed E-state index contributed by atoms with van der Waals surface area (Å²) in [5, 5.41) is 14.1. The van der Waals surface area contributed by atoms with E-state index < -0.39 is 29.0 Å². The molecule has 0 atom stereocenters.